The minimum Gasteiger partial charge on any atom is -0.361 e. The van der Waals surface area contributed by atoms with Gasteiger partial charge >= 0.3 is 0 Å². The van der Waals surface area contributed by atoms with E-state index in [4.69, 9.17) is 23.2 Å². The molecule has 0 bridgehead atoms. The van der Waals surface area contributed by atoms with E-state index < -0.39 is 0 Å². The SMILES string of the molecule is Cc1ccc(Cl)cc1N/C=C/C(=O)c1ccc(Cl)cc1. The van der Waals surface area contributed by atoms with Crippen LogP contribution in [0.4, 0.5) is 5.69 Å². The molecular formula is C16H13Cl2NO. The van der Waals surface area contributed by atoms with E-state index in [0.717, 1.165) is 11.3 Å². The second kappa shape index (κ2) is 6.60. The number of nitrogens with one attached hydrogen (secondary N) is 1. The van der Waals surface area contributed by atoms with Crippen molar-refractivity contribution < 1.29 is 4.79 Å². The second-order valence-corrected chi connectivity index (χ2v) is 5.18. The van der Waals surface area contributed by atoms with Crippen molar-refractivity contribution in [2.45, 2.75) is 6.92 Å². The summed E-state index contributed by atoms with van der Waals surface area (Å²) in [7, 11) is 0. The van der Waals surface area contributed by atoms with Crippen LogP contribution in [-0.4, -0.2) is 5.78 Å². The third-order valence-electron chi connectivity index (χ3n) is 2.80. The van der Waals surface area contributed by atoms with Crippen LogP contribution in [0.1, 0.15) is 15.9 Å². The molecule has 2 nitrogen and oxygen atoms in total. The van der Waals surface area contributed by atoms with Crippen molar-refractivity contribution in [3.05, 3.63) is 75.9 Å². The lowest BCUT2D eigenvalue weighted by Crippen LogP contribution is -1.96. The van der Waals surface area contributed by atoms with Crippen molar-refractivity contribution >= 4 is 34.7 Å². The van der Waals surface area contributed by atoms with Crippen molar-refractivity contribution in [2.24, 2.45) is 0 Å². The summed E-state index contributed by atoms with van der Waals surface area (Å²) in [5, 5.41) is 4.31. The highest BCUT2D eigenvalue weighted by Crippen LogP contribution is 2.20. The van der Waals surface area contributed by atoms with Crippen LogP contribution < -0.4 is 5.32 Å². The molecule has 0 unspecified atom stereocenters. The molecule has 0 amide bonds. The summed E-state index contributed by atoms with van der Waals surface area (Å²) in [6.07, 6.45) is 3.08. The number of allylic oxidation sites excluding steroid dienone is 1. The van der Waals surface area contributed by atoms with Gasteiger partial charge in [0.15, 0.2) is 5.78 Å². The van der Waals surface area contributed by atoms with Gasteiger partial charge in [-0.05, 0) is 48.9 Å². The number of ketones is 1. The second-order valence-electron chi connectivity index (χ2n) is 4.31. The van der Waals surface area contributed by atoms with E-state index in [2.05, 4.69) is 5.32 Å². The van der Waals surface area contributed by atoms with Crippen LogP contribution in [0.3, 0.4) is 0 Å². The first-order chi connectivity index (χ1) is 9.56. The smallest absolute Gasteiger partial charge is 0.187 e. The lowest BCUT2D eigenvalue weighted by Gasteiger charge is -2.05. The van der Waals surface area contributed by atoms with Crippen LogP contribution in [0, 0.1) is 6.92 Å². The quantitative estimate of drug-likeness (QED) is 0.628. The number of aryl methyl sites for hydroxylation is 1. The molecule has 0 saturated heterocycles. The lowest BCUT2D eigenvalue weighted by atomic mass is 10.1. The largest absolute Gasteiger partial charge is 0.361 e. The Kier molecular flexibility index (Phi) is 4.83. The molecule has 0 atom stereocenters. The number of carbonyl (C=O) groups is 1. The van der Waals surface area contributed by atoms with Crippen LogP contribution in [0.15, 0.2) is 54.7 Å². The van der Waals surface area contributed by atoms with Crippen molar-refractivity contribution in [3.8, 4) is 0 Å². The Morgan fingerprint density at radius 1 is 1.05 bits per heavy atom. The molecule has 0 spiro atoms. The number of benzene rings is 2. The van der Waals surface area contributed by atoms with Crippen LogP contribution >= 0.6 is 23.2 Å². The standard InChI is InChI=1S/C16H13Cl2NO/c1-11-2-5-14(18)10-15(11)19-9-8-16(20)12-3-6-13(17)7-4-12/h2-10,19H,1H3/b9-8+. The molecule has 0 aliphatic carbocycles. The highest BCUT2D eigenvalue weighted by Gasteiger charge is 2.01. The Morgan fingerprint density at radius 2 is 1.70 bits per heavy atom. The summed E-state index contributed by atoms with van der Waals surface area (Å²) in [6, 6.07) is 12.3. The van der Waals surface area contributed by atoms with Gasteiger partial charge in [-0.2, -0.15) is 0 Å². The molecule has 1 N–H and O–H groups in total. The maximum absolute atomic E-state index is 11.9. The Labute approximate surface area is 128 Å². The van der Waals surface area contributed by atoms with Gasteiger partial charge in [-0.25, -0.2) is 0 Å². The van der Waals surface area contributed by atoms with Crippen molar-refractivity contribution in [3.63, 3.8) is 0 Å². The number of anilines is 1. The maximum atomic E-state index is 11.9. The van der Waals surface area contributed by atoms with E-state index >= 15 is 0 Å². The maximum Gasteiger partial charge on any atom is 0.187 e. The predicted molar refractivity (Wildman–Crippen MR) is 84.7 cm³/mol. The number of hydrogen-bond donors (Lipinski definition) is 1. The van der Waals surface area contributed by atoms with Crippen LogP contribution in [0.25, 0.3) is 0 Å². The van der Waals surface area contributed by atoms with Crippen molar-refractivity contribution in [2.75, 3.05) is 5.32 Å². The zero-order valence-corrected chi connectivity index (χ0v) is 12.4. The number of halogens is 2. The summed E-state index contributed by atoms with van der Waals surface area (Å²) in [5.41, 5.74) is 2.52. The predicted octanol–water partition coefficient (Wildman–Crippen LogP) is 5.11. The molecule has 4 heteroatoms. The zero-order chi connectivity index (χ0) is 14.5. The molecule has 2 rings (SSSR count). The van der Waals surface area contributed by atoms with E-state index in [1.165, 1.54) is 6.08 Å². The molecule has 0 aromatic heterocycles. The van der Waals surface area contributed by atoms with Gasteiger partial charge in [0.2, 0.25) is 0 Å². The third kappa shape index (κ3) is 3.86. The molecule has 0 aliphatic heterocycles. The highest BCUT2D eigenvalue weighted by atomic mass is 35.5. The Balaban J connectivity index is 2.04. The van der Waals surface area contributed by atoms with Crippen LogP contribution in [0.2, 0.25) is 10.0 Å². The summed E-state index contributed by atoms with van der Waals surface area (Å²) >= 11 is 11.7. The molecule has 2 aromatic rings. The van der Waals surface area contributed by atoms with Gasteiger partial charge in [0, 0.05) is 33.6 Å². The average Bonchev–Trinajstić information content (AvgIpc) is 2.43. The Morgan fingerprint density at radius 3 is 2.40 bits per heavy atom. The Hall–Kier alpha value is -1.77. The Bertz CT molecular complexity index is 648. The van der Waals surface area contributed by atoms with Gasteiger partial charge in [0.25, 0.3) is 0 Å². The summed E-state index contributed by atoms with van der Waals surface area (Å²) in [6.45, 7) is 1.97. The molecule has 0 saturated carbocycles. The van der Waals surface area contributed by atoms with Crippen LogP contribution in [0.5, 0.6) is 0 Å². The molecule has 2 aromatic carbocycles. The lowest BCUT2D eigenvalue weighted by molar-refractivity contribution is 0.104. The van der Waals surface area contributed by atoms with Gasteiger partial charge in [-0.15, -0.1) is 0 Å². The summed E-state index contributed by atoms with van der Waals surface area (Å²) < 4.78 is 0. The first-order valence-electron chi connectivity index (χ1n) is 6.05. The molecular weight excluding hydrogens is 293 g/mol. The molecule has 0 radical (unpaired) electrons. The summed E-state index contributed by atoms with van der Waals surface area (Å²) in [5.74, 6) is -0.0890. The van der Waals surface area contributed by atoms with Gasteiger partial charge in [0.1, 0.15) is 0 Å². The third-order valence-corrected chi connectivity index (χ3v) is 3.29. The molecule has 0 aliphatic rings. The average molecular weight is 306 g/mol. The highest BCUT2D eigenvalue weighted by molar-refractivity contribution is 6.31. The van der Waals surface area contributed by atoms with E-state index in [-0.39, 0.29) is 5.78 Å². The monoisotopic (exact) mass is 305 g/mol. The van der Waals surface area contributed by atoms with Gasteiger partial charge < -0.3 is 5.32 Å². The molecule has 0 fully saturated rings. The van der Waals surface area contributed by atoms with Crippen molar-refractivity contribution in [1.29, 1.82) is 0 Å². The first kappa shape index (κ1) is 14.6. The molecule has 0 heterocycles. The molecule has 102 valence electrons. The number of carbonyl (C=O) groups excluding carboxylic acids is 1. The minimum atomic E-state index is -0.0890. The minimum absolute atomic E-state index is 0.0890. The number of rotatable bonds is 4. The normalized spacial score (nSPS) is 10.8. The fourth-order valence-electron chi connectivity index (χ4n) is 1.67. The van der Waals surface area contributed by atoms with Crippen LogP contribution in [-0.2, 0) is 0 Å². The summed E-state index contributed by atoms with van der Waals surface area (Å²) in [4.78, 5) is 11.9. The van der Waals surface area contributed by atoms with E-state index in [1.807, 2.05) is 25.1 Å². The zero-order valence-electron chi connectivity index (χ0n) is 10.9. The van der Waals surface area contributed by atoms with Gasteiger partial charge in [0.05, 0.1) is 0 Å². The number of hydrogen-bond acceptors (Lipinski definition) is 2. The topological polar surface area (TPSA) is 29.1 Å². The fourth-order valence-corrected chi connectivity index (χ4v) is 1.97. The van der Waals surface area contributed by atoms with Crippen molar-refractivity contribution in [1.82, 2.24) is 0 Å². The first-order valence-corrected chi connectivity index (χ1v) is 6.81. The van der Waals surface area contributed by atoms with E-state index in [1.54, 1.807) is 30.5 Å². The van der Waals surface area contributed by atoms with Gasteiger partial charge in [-0.3, -0.25) is 4.79 Å². The van der Waals surface area contributed by atoms with E-state index in [0.29, 0.717) is 15.6 Å². The molecule has 20 heavy (non-hydrogen) atoms. The van der Waals surface area contributed by atoms with Gasteiger partial charge in [-0.1, -0.05) is 29.3 Å². The van der Waals surface area contributed by atoms with E-state index in [9.17, 15) is 4.79 Å². The fraction of sp³-hybridized carbons (Fsp3) is 0.0625.